The summed E-state index contributed by atoms with van der Waals surface area (Å²) >= 11 is 6.01. The van der Waals surface area contributed by atoms with Crippen LogP contribution in [0, 0.1) is 6.92 Å². The van der Waals surface area contributed by atoms with E-state index < -0.39 is 0 Å². The molecule has 2 nitrogen and oxygen atoms in total. The standard InChI is InChI=1S/C16H18ClNO/c1-11-5-4-6-14(9-11)18(3)12(2)15-10-13(17)7-8-16(15)19/h4-10,12,19H,1-3H3. The average molecular weight is 276 g/mol. The van der Waals surface area contributed by atoms with E-state index in [0.717, 1.165) is 11.3 Å². The second-order valence-corrected chi connectivity index (χ2v) is 5.27. The summed E-state index contributed by atoms with van der Waals surface area (Å²) in [6.45, 7) is 4.12. The summed E-state index contributed by atoms with van der Waals surface area (Å²) in [5.41, 5.74) is 3.16. The first-order valence-corrected chi connectivity index (χ1v) is 6.64. The van der Waals surface area contributed by atoms with Gasteiger partial charge in [0.2, 0.25) is 0 Å². The minimum absolute atomic E-state index is 0.0421. The largest absolute Gasteiger partial charge is 0.508 e. The van der Waals surface area contributed by atoms with Crippen LogP contribution in [0.15, 0.2) is 42.5 Å². The van der Waals surface area contributed by atoms with E-state index in [-0.39, 0.29) is 11.8 Å². The molecule has 0 aromatic heterocycles. The maximum Gasteiger partial charge on any atom is 0.120 e. The third-order valence-electron chi connectivity index (χ3n) is 3.43. The summed E-state index contributed by atoms with van der Waals surface area (Å²) in [5, 5.41) is 10.6. The first kappa shape index (κ1) is 13.8. The van der Waals surface area contributed by atoms with Gasteiger partial charge in [0.15, 0.2) is 0 Å². The topological polar surface area (TPSA) is 23.5 Å². The number of aromatic hydroxyl groups is 1. The van der Waals surface area contributed by atoms with Crippen LogP contribution in [0.2, 0.25) is 5.02 Å². The molecule has 1 unspecified atom stereocenters. The van der Waals surface area contributed by atoms with Crippen molar-refractivity contribution in [3.63, 3.8) is 0 Å². The van der Waals surface area contributed by atoms with E-state index in [1.54, 1.807) is 12.1 Å². The van der Waals surface area contributed by atoms with Gasteiger partial charge in [-0.05, 0) is 49.7 Å². The Bertz CT molecular complexity index is 583. The molecule has 2 rings (SSSR count). The van der Waals surface area contributed by atoms with Crippen molar-refractivity contribution in [1.29, 1.82) is 0 Å². The van der Waals surface area contributed by atoms with Gasteiger partial charge in [-0.2, -0.15) is 0 Å². The van der Waals surface area contributed by atoms with Gasteiger partial charge in [0.1, 0.15) is 5.75 Å². The second-order valence-electron chi connectivity index (χ2n) is 4.83. The Balaban J connectivity index is 2.33. The lowest BCUT2D eigenvalue weighted by Crippen LogP contribution is -2.21. The highest BCUT2D eigenvalue weighted by molar-refractivity contribution is 6.30. The van der Waals surface area contributed by atoms with Crippen LogP contribution >= 0.6 is 11.6 Å². The van der Waals surface area contributed by atoms with Crippen LogP contribution in [0.1, 0.15) is 24.1 Å². The Hall–Kier alpha value is -1.67. The molecule has 0 aliphatic rings. The second kappa shape index (κ2) is 5.54. The lowest BCUT2D eigenvalue weighted by Gasteiger charge is -2.28. The summed E-state index contributed by atoms with van der Waals surface area (Å²) in [6.07, 6.45) is 0. The van der Waals surface area contributed by atoms with Gasteiger partial charge in [-0.25, -0.2) is 0 Å². The quantitative estimate of drug-likeness (QED) is 0.888. The predicted octanol–water partition coefficient (Wildman–Crippen LogP) is 4.55. The molecule has 100 valence electrons. The zero-order valence-electron chi connectivity index (χ0n) is 11.4. The highest BCUT2D eigenvalue weighted by atomic mass is 35.5. The Kier molecular flexibility index (Phi) is 4.01. The van der Waals surface area contributed by atoms with Gasteiger partial charge in [-0.1, -0.05) is 23.7 Å². The lowest BCUT2D eigenvalue weighted by atomic mass is 10.1. The van der Waals surface area contributed by atoms with Gasteiger partial charge in [0, 0.05) is 23.3 Å². The minimum Gasteiger partial charge on any atom is -0.508 e. The molecule has 0 aliphatic heterocycles. The molecular formula is C16H18ClNO. The summed E-state index contributed by atoms with van der Waals surface area (Å²) in [6, 6.07) is 13.5. The van der Waals surface area contributed by atoms with E-state index in [4.69, 9.17) is 11.6 Å². The molecule has 1 N–H and O–H groups in total. The number of rotatable bonds is 3. The first-order valence-electron chi connectivity index (χ1n) is 6.27. The number of aryl methyl sites for hydroxylation is 1. The first-order chi connectivity index (χ1) is 8.99. The molecule has 0 radical (unpaired) electrons. The van der Waals surface area contributed by atoms with Gasteiger partial charge < -0.3 is 10.0 Å². The van der Waals surface area contributed by atoms with E-state index in [1.165, 1.54) is 5.56 Å². The fourth-order valence-electron chi connectivity index (χ4n) is 2.14. The number of benzene rings is 2. The van der Waals surface area contributed by atoms with Crippen molar-refractivity contribution in [2.45, 2.75) is 19.9 Å². The van der Waals surface area contributed by atoms with Crippen LogP contribution in [0.5, 0.6) is 5.75 Å². The molecule has 0 heterocycles. The van der Waals surface area contributed by atoms with Crippen molar-refractivity contribution >= 4 is 17.3 Å². The van der Waals surface area contributed by atoms with Gasteiger partial charge in [-0.3, -0.25) is 0 Å². The summed E-state index contributed by atoms with van der Waals surface area (Å²) in [4.78, 5) is 2.12. The van der Waals surface area contributed by atoms with Crippen molar-refractivity contribution < 1.29 is 5.11 Å². The monoisotopic (exact) mass is 275 g/mol. The smallest absolute Gasteiger partial charge is 0.120 e. The Morgan fingerprint density at radius 1 is 1.16 bits per heavy atom. The molecule has 0 saturated carbocycles. The molecule has 0 bridgehead atoms. The predicted molar refractivity (Wildman–Crippen MR) is 81.1 cm³/mol. The van der Waals surface area contributed by atoms with Crippen LogP contribution in [-0.2, 0) is 0 Å². The van der Waals surface area contributed by atoms with E-state index in [2.05, 4.69) is 30.0 Å². The Morgan fingerprint density at radius 3 is 2.58 bits per heavy atom. The van der Waals surface area contributed by atoms with Crippen molar-refractivity contribution in [2.24, 2.45) is 0 Å². The number of phenolic OH excluding ortho intramolecular Hbond substituents is 1. The highest BCUT2D eigenvalue weighted by Gasteiger charge is 2.16. The molecule has 2 aromatic rings. The van der Waals surface area contributed by atoms with E-state index in [1.807, 2.05) is 26.1 Å². The maximum atomic E-state index is 9.97. The molecule has 2 aromatic carbocycles. The summed E-state index contributed by atoms with van der Waals surface area (Å²) in [5.74, 6) is 0.274. The van der Waals surface area contributed by atoms with Crippen LogP contribution in [0.3, 0.4) is 0 Å². The third-order valence-corrected chi connectivity index (χ3v) is 3.66. The number of hydrogen-bond acceptors (Lipinski definition) is 2. The Morgan fingerprint density at radius 2 is 1.89 bits per heavy atom. The highest BCUT2D eigenvalue weighted by Crippen LogP contribution is 2.32. The normalized spacial score (nSPS) is 12.2. The fraction of sp³-hybridized carbons (Fsp3) is 0.250. The van der Waals surface area contributed by atoms with Crippen LogP contribution in [-0.4, -0.2) is 12.2 Å². The Labute approximate surface area is 119 Å². The molecule has 0 saturated heterocycles. The number of halogens is 1. The molecule has 0 fully saturated rings. The van der Waals surface area contributed by atoms with Crippen molar-refractivity contribution in [1.82, 2.24) is 0 Å². The van der Waals surface area contributed by atoms with Gasteiger partial charge in [0.25, 0.3) is 0 Å². The minimum atomic E-state index is 0.0421. The summed E-state index contributed by atoms with van der Waals surface area (Å²) in [7, 11) is 2.01. The number of hydrogen-bond donors (Lipinski definition) is 1. The van der Waals surface area contributed by atoms with Crippen molar-refractivity contribution in [3.8, 4) is 5.75 Å². The van der Waals surface area contributed by atoms with Crippen LogP contribution in [0.25, 0.3) is 0 Å². The molecule has 1 atom stereocenters. The zero-order chi connectivity index (χ0) is 14.0. The molecule has 19 heavy (non-hydrogen) atoms. The molecular weight excluding hydrogens is 258 g/mol. The molecule has 0 amide bonds. The zero-order valence-corrected chi connectivity index (χ0v) is 12.1. The average Bonchev–Trinajstić information content (AvgIpc) is 2.40. The van der Waals surface area contributed by atoms with Gasteiger partial charge in [0.05, 0.1) is 6.04 Å². The third kappa shape index (κ3) is 3.02. The summed E-state index contributed by atoms with van der Waals surface area (Å²) < 4.78 is 0. The molecule has 0 spiro atoms. The van der Waals surface area contributed by atoms with E-state index in [9.17, 15) is 5.11 Å². The van der Waals surface area contributed by atoms with Crippen LogP contribution < -0.4 is 4.90 Å². The number of anilines is 1. The number of phenols is 1. The van der Waals surface area contributed by atoms with Crippen LogP contribution in [0.4, 0.5) is 5.69 Å². The van der Waals surface area contributed by atoms with Crippen molar-refractivity contribution in [2.75, 3.05) is 11.9 Å². The van der Waals surface area contributed by atoms with E-state index in [0.29, 0.717) is 5.02 Å². The fourth-order valence-corrected chi connectivity index (χ4v) is 2.32. The van der Waals surface area contributed by atoms with E-state index >= 15 is 0 Å². The lowest BCUT2D eigenvalue weighted by molar-refractivity contribution is 0.462. The maximum absolute atomic E-state index is 9.97. The van der Waals surface area contributed by atoms with Gasteiger partial charge >= 0.3 is 0 Å². The SMILES string of the molecule is Cc1cccc(N(C)C(C)c2cc(Cl)ccc2O)c1. The molecule has 3 heteroatoms. The number of nitrogens with zero attached hydrogens (tertiary/aromatic N) is 1. The molecule has 0 aliphatic carbocycles. The van der Waals surface area contributed by atoms with Crippen molar-refractivity contribution in [3.05, 3.63) is 58.6 Å². The van der Waals surface area contributed by atoms with Gasteiger partial charge in [-0.15, -0.1) is 0 Å².